The molecule has 0 atom stereocenters. The fourth-order valence-electron chi connectivity index (χ4n) is 3.00. The number of aromatic carboxylic acids is 1. The number of pyridine rings is 1. The van der Waals surface area contributed by atoms with Gasteiger partial charge < -0.3 is 15.3 Å². The highest BCUT2D eigenvalue weighted by atomic mass is 16.4. The Labute approximate surface area is 126 Å². The van der Waals surface area contributed by atoms with Gasteiger partial charge in [0.15, 0.2) is 0 Å². The van der Waals surface area contributed by atoms with E-state index in [0.29, 0.717) is 22.9 Å². The Morgan fingerprint density at radius 2 is 2.10 bits per heavy atom. The highest BCUT2D eigenvalue weighted by Crippen LogP contribution is 2.22. The number of carbonyl (C=O) groups is 1. The molecule has 2 N–H and O–H groups in total. The second kappa shape index (κ2) is 6.89. The van der Waals surface area contributed by atoms with Crippen molar-refractivity contribution in [2.75, 3.05) is 31.5 Å². The second-order valence-corrected chi connectivity index (χ2v) is 5.84. The van der Waals surface area contributed by atoms with E-state index >= 15 is 0 Å². The van der Waals surface area contributed by atoms with Crippen LogP contribution in [0.1, 0.15) is 41.5 Å². The lowest BCUT2D eigenvalue weighted by Gasteiger charge is -2.31. The van der Waals surface area contributed by atoms with Gasteiger partial charge in [-0.3, -0.25) is 4.98 Å². The largest absolute Gasteiger partial charge is 0.478 e. The predicted molar refractivity (Wildman–Crippen MR) is 84.0 cm³/mol. The fraction of sp³-hybridized carbons (Fsp3) is 0.625. The van der Waals surface area contributed by atoms with Crippen molar-refractivity contribution in [3.05, 3.63) is 23.0 Å². The number of nitrogens with one attached hydrogen (secondary N) is 1. The van der Waals surface area contributed by atoms with Crippen LogP contribution >= 0.6 is 0 Å². The van der Waals surface area contributed by atoms with Crippen LogP contribution in [-0.2, 0) is 0 Å². The normalized spacial score (nSPS) is 16.9. The van der Waals surface area contributed by atoms with Gasteiger partial charge in [-0.05, 0) is 58.3 Å². The second-order valence-electron chi connectivity index (χ2n) is 5.84. The van der Waals surface area contributed by atoms with Gasteiger partial charge in [0.2, 0.25) is 0 Å². The van der Waals surface area contributed by atoms with Gasteiger partial charge in [0, 0.05) is 12.2 Å². The van der Waals surface area contributed by atoms with Crippen molar-refractivity contribution in [1.82, 2.24) is 9.88 Å². The van der Waals surface area contributed by atoms with E-state index in [1.54, 1.807) is 6.92 Å². The number of piperidine rings is 1. The summed E-state index contributed by atoms with van der Waals surface area (Å²) in [6.07, 6.45) is 2.35. The summed E-state index contributed by atoms with van der Waals surface area (Å²) in [4.78, 5) is 18.1. The van der Waals surface area contributed by atoms with Crippen LogP contribution in [0.5, 0.6) is 0 Å². The molecule has 0 spiro atoms. The quantitative estimate of drug-likeness (QED) is 0.872. The number of likely N-dealkylation sites (tertiary alicyclic amines) is 1. The van der Waals surface area contributed by atoms with E-state index in [1.165, 1.54) is 12.8 Å². The van der Waals surface area contributed by atoms with Crippen molar-refractivity contribution < 1.29 is 9.90 Å². The number of hydrogen-bond acceptors (Lipinski definition) is 4. The van der Waals surface area contributed by atoms with Crippen LogP contribution < -0.4 is 5.32 Å². The first kappa shape index (κ1) is 15.8. The lowest BCUT2D eigenvalue weighted by atomic mass is 9.96. The van der Waals surface area contributed by atoms with E-state index in [2.05, 4.69) is 22.1 Å². The molecule has 116 valence electrons. The van der Waals surface area contributed by atoms with Gasteiger partial charge in [0.1, 0.15) is 5.56 Å². The number of rotatable bonds is 5. The van der Waals surface area contributed by atoms with Crippen molar-refractivity contribution in [3.63, 3.8) is 0 Å². The maximum Gasteiger partial charge on any atom is 0.339 e. The van der Waals surface area contributed by atoms with Crippen molar-refractivity contribution in [3.8, 4) is 0 Å². The SMILES string of the molecule is CCN1CCC(CNc2cc(C)nc(C)c2C(=O)O)CC1. The standard InChI is InChI=1S/C16H25N3O2/c1-4-19-7-5-13(6-8-19)10-17-14-9-11(2)18-12(3)15(14)16(20)21/h9,13H,4-8,10H2,1-3H3,(H,17,18)(H,20,21). The number of aryl methyl sites for hydroxylation is 2. The molecule has 1 aliphatic rings. The first-order valence-electron chi connectivity index (χ1n) is 7.69. The molecule has 1 aromatic rings. The third-order valence-corrected chi connectivity index (χ3v) is 4.28. The molecule has 1 aliphatic heterocycles. The molecule has 0 aromatic carbocycles. The minimum atomic E-state index is -0.914. The summed E-state index contributed by atoms with van der Waals surface area (Å²) in [7, 11) is 0. The summed E-state index contributed by atoms with van der Waals surface area (Å²) in [5.74, 6) is -0.300. The Balaban J connectivity index is 2.02. The lowest BCUT2D eigenvalue weighted by molar-refractivity contribution is 0.0696. The highest BCUT2D eigenvalue weighted by Gasteiger charge is 2.20. The highest BCUT2D eigenvalue weighted by molar-refractivity contribution is 5.95. The molecule has 0 bridgehead atoms. The molecular formula is C16H25N3O2. The number of anilines is 1. The average molecular weight is 291 g/mol. The van der Waals surface area contributed by atoms with Crippen molar-refractivity contribution in [2.45, 2.75) is 33.6 Å². The molecule has 0 aliphatic carbocycles. The summed E-state index contributed by atoms with van der Waals surface area (Å²) >= 11 is 0. The molecule has 5 heteroatoms. The Kier molecular flexibility index (Phi) is 5.17. The van der Waals surface area contributed by atoms with Crippen molar-refractivity contribution in [2.24, 2.45) is 5.92 Å². The lowest BCUT2D eigenvalue weighted by Crippen LogP contribution is -2.35. The van der Waals surface area contributed by atoms with Crippen LogP contribution in [0.3, 0.4) is 0 Å². The van der Waals surface area contributed by atoms with E-state index in [4.69, 9.17) is 0 Å². The number of carboxylic acids is 1. The zero-order chi connectivity index (χ0) is 15.4. The number of nitrogens with zero attached hydrogens (tertiary/aromatic N) is 2. The summed E-state index contributed by atoms with van der Waals surface area (Å²) in [5.41, 5.74) is 2.42. The average Bonchev–Trinajstić information content (AvgIpc) is 2.44. The van der Waals surface area contributed by atoms with Gasteiger partial charge in [-0.1, -0.05) is 6.92 Å². The van der Waals surface area contributed by atoms with Crippen LogP contribution in [0.4, 0.5) is 5.69 Å². The molecule has 1 fully saturated rings. The minimum Gasteiger partial charge on any atom is -0.478 e. The first-order chi connectivity index (χ1) is 10.0. The molecule has 1 aromatic heterocycles. The molecule has 21 heavy (non-hydrogen) atoms. The molecule has 0 saturated carbocycles. The summed E-state index contributed by atoms with van der Waals surface area (Å²) < 4.78 is 0. The predicted octanol–water partition coefficient (Wildman–Crippen LogP) is 2.54. The minimum absolute atomic E-state index is 0.298. The molecule has 1 saturated heterocycles. The summed E-state index contributed by atoms with van der Waals surface area (Å²) in [6.45, 7) is 10.1. The van der Waals surface area contributed by atoms with E-state index in [9.17, 15) is 9.90 Å². The Morgan fingerprint density at radius 3 is 2.67 bits per heavy atom. The maximum atomic E-state index is 11.4. The molecule has 0 unspecified atom stereocenters. The van der Waals surface area contributed by atoms with Crippen LogP contribution in [0, 0.1) is 19.8 Å². The molecule has 2 rings (SSSR count). The van der Waals surface area contributed by atoms with Crippen LogP contribution in [0.15, 0.2) is 6.07 Å². The van der Waals surface area contributed by atoms with Gasteiger partial charge >= 0.3 is 5.97 Å². The Morgan fingerprint density at radius 1 is 1.43 bits per heavy atom. The Hall–Kier alpha value is -1.62. The van der Waals surface area contributed by atoms with Crippen LogP contribution in [-0.4, -0.2) is 47.1 Å². The van der Waals surface area contributed by atoms with Gasteiger partial charge in [-0.25, -0.2) is 4.79 Å². The molecule has 5 nitrogen and oxygen atoms in total. The van der Waals surface area contributed by atoms with E-state index in [1.807, 2.05) is 13.0 Å². The third-order valence-electron chi connectivity index (χ3n) is 4.28. The van der Waals surface area contributed by atoms with Crippen molar-refractivity contribution in [1.29, 1.82) is 0 Å². The van der Waals surface area contributed by atoms with Crippen LogP contribution in [0.25, 0.3) is 0 Å². The van der Waals surface area contributed by atoms with Crippen molar-refractivity contribution >= 4 is 11.7 Å². The molecule has 2 heterocycles. The summed E-state index contributed by atoms with van der Waals surface area (Å²) in [6, 6.07) is 1.83. The zero-order valence-corrected chi connectivity index (χ0v) is 13.1. The molecular weight excluding hydrogens is 266 g/mol. The maximum absolute atomic E-state index is 11.4. The Bertz CT molecular complexity index is 508. The zero-order valence-electron chi connectivity index (χ0n) is 13.1. The van der Waals surface area contributed by atoms with Gasteiger partial charge in [0.25, 0.3) is 0 Å². The summed E-state index contributed by atoms with van der Waals surface area (Å²) in [5, 5.41) is 12.7. The van der Waals surface area contributed by atoms with E-state index in [-0.39, 0.29) is 0 Å². The van der Waals surface area contributed by atoms with Gasteiger partial charge in [0.05, 0.1) is 11.4 Å². The number of hydrogen-bond donors (Lipinski definition) is 2. The third kappa shape index (κ3) is 3.94. The molecule has 0 amide bonds. The smallest absolute Gasteiger partial charge is 0.339 e. The topological polar surface area (TPSA) is 65.5 Å². The first-order valence-corrected chi connectivity index (χ1v) is 7.69. The van der Waals surface area contributed by atoms with Gasteiger partial charge in [-0.15, -0.1) is 0 Å². The van der Waals surface area contributed by atoms with Crippen LogP contribution in [0.2, 0.25) is 0 Å². The molecule has 0 radical (unpaired) electrons. The number of aromatic nitrogens is 1. The van der Waals surface area contributed by atoms with E-state index in [0.717, 1.165) is 31.9 Å². The number of carboxylic acid groups (broad SMARTS) is 1. The van der Waals surface area contributed by atoms with Gasteiger partial charge in [-0.2, -0.15) is 0 Å². The monoisotopic (exact) mass is 291 g/mol. The fourth-order valence-corrected chi connectivity index (χ4v) is 3.00. The van der Waals surface area contributed by atoms with E-state index < -0.39 is 5.97 Å².